The Hall–Kier alpha value is -1.49. The maximum atomic E-state index is 11.8. The molecule has 7 nitrogen and oxygen atoms in total. The first-order chi connectivity index (χ1) is 11.4. The van der Waals surface area contributed by atoms with Gasteiger partial charge in [0.05, 0.1) is 13.2 Å². The van der Waals surface area contributed by atoms with Crippen LogP contribution in [0.5, 0.6) is 0 Å². The Morgan fingerprint density at radius 3 is 2.08 bits per heavy atom. The van der Waals surface area contributed by atoms with Gasteiger partial charge in [0.2, 0.25) is 5.91 Å². The van der Waals surface area contributed by atoms with E-state index < -0.39 is 30.2 Å². The van der Waals surface area contributed by atoms with Gasteiger partial charge in [-0.25, -0.2) is 9.59 Å². The number of thioether (sulfide) groups is 1. The number of halogens is 3. The number of amides is 1. The third-order valence-corrected chi connectivity index (χ3v) is 3.36. The van der Waals surface area contributed by atoms with Gasteiger partial charge in [-0.2, -0.15) is 24.9 Å². The first kappa shape index (κ1) is 25.7. The number of nitrogens with one attached hydrogen (secondary N) is 1. The normalized spacial score (nSPS) is 13.3. The van der Waals surface area contributed by atoms with Crippen LogP contribution in [-0.2, 0) is 19.1 Å². The van der Waals surface area contributed by atoms with Gasteiger partial charge < -0.3 is 20.9 Å². The number of carbonyl (C=O) groups excluding carboxylic acids is 2. The van der Waals surface area contributed by atoms with Gasteiger partial charge in [0, 0.05) is 0 Å². The van der Waals surface area contributed by atoms with E-state index in [-0.39, 0.29) is 5.91 Å². The van der Waals surface area contributed by atoms with Gasteiger partial charge in [-0.1, -0.05) is 13.8 Å². The lowest BCUT2D eigenvalue weighted by molar-refractivity contribution is -0.192. The van der Waals surface area contributed by atoms with E-state index in [4.69, 9.17) is 15.6 Å². The number of ether oxygens (including phenoxy) is 1. The van der Waals surface area contributed by atoms with Crippen LogP contribution in [0.15, 0.2) is 0 Å². The number of nitrogens with two attached hydrogens (primary N) is 1. The largest absolute Gasteiger partial charge is 0.490 e. The van der Waals surface area contributed by atoms with Crippen LogP contribution in [0.25, 0.3) is 0 Å². The lowest BCUT2D eigenvalue weighted by atomic mass is 10.0. The van der Waals surface area contributed by atoms with Crippen LogP contribution in [0, 0.1) is 5.92 Å². The maximum absolute atomic E-state index is 11.8. The first-order valence-electron chi connectivity index (χ1n) is 7.29. The molecule has 0 saturated heterocycles. The summed E-state index contributed by atoms with van der Waals surface area (Å²) >= 11 is 1.61. The Balaban J connectivity index is 0. The number of rotatable bonds is 8. The molecule has 0 heterocycles. The molecule has 0 radical (unpaired) electrons. The molecule has 0 aromatic carbocycles. The minimum Gasteiger partial charge on any atom is -0.475 e. The fourth-order valence-corrected chi connectivity index (χ4v) is 1.99. The SMILES string of the molecule is COC(=O)C(CCSC)NC(=O)C(N)CC(C)C.O=C(O)C(F)(F)F. The molecule has 0 aliphatic carbocycles. The average molecular weight is 390 g/mol. The molecule has 0 fully saturated rings. The van der Waals surface area contributed by atoms with E-state index in [2.05, 4.69) is 10.1 Å². The number of carboxylic acid groups (broad SMARTS) is 1. The van der Waals surface area contributed by atoms with Crippen molar-refractivity contribution in [1.29, 1.82) is 0 Å². The number of alkyl halides is 3. The fourth-order valence-electron chi connectivity index (χ4n) is 1.52. The predicted molar refractivity (Wildman–Crippen MR) is 88.1 cm³/mol. The van der Waals surface area contributed by atoms with Crippen molar-refractivity contribution in [2.24, 2.45) is 11.7 Å². The number of carbonyl (C=O) groups is 3. The van der Waals surface area contributed by atoms with Crippen LogP contribution in [0.2, 0.25) is 0 Å². The van der Waals surface area contributed by atoms with Crippen molar-refractivity contribution in [3.05, 3.63) is 0 Å². The zero-order chi connectivity index (χ0) is 20.2. The second-order valence-corrected chi connectivity index (χ2v) is 6.39. The summed E-state index contributed by atoms with van der Waals surface area (Å²) in [5.41, 5.74) is 5.77. The molecule has 0 aliphatic heterocycles. The molecule has 148 valence electrons. The van der Waals surface area contributed by atoms with E-state index in [9.17, 15) is 22.8 Å². The molecule has 25 heavy (non-hydrogen) atoms. The van der Waals surface area contributed by atoms with E-state index in [0.29, 0.717) is 18.8 Å². The fraction of sp³-hybridized carbons (Fsp3) is 0.786. The molecule has 0 aromatic rings. The van der Waals surface area contributed by atoms with Crippen molar-refractivity contribution in [1.82, 2.24) is 5.32 Å². The third-order valence-electron chi connectivity index (χ3n) is 2.72. The van der Waals surface area contributed by atoms with E-state index in [1.807, 2.05) is 20.1 Å². The van der Waals surface area contributed by atoms with Crippen molar-refractivity contribution in [3.63, 3.8) is 0 Å². The van der Waals surface area contributed by atoms with Crippen LogP contribution in [0.1, 0.15) is 26.7 Å². The quantitative estimate of drug-likeness (QED) is 0.536. The third kappa shape index (κ3) is 13.5. The molecule has 11 heteroatoms. The molecule has 0 aromatic heterocycles. The van der Waals surface area contributed by atoms with Gasteiger partial charge >= 0.3 is 18.1 Å². The van der Waals surface area contributed by atoms with Crippen molar-refractivity contribution >= 4 is 29.6 Å². The topological polar surface area (TPSA) is 119 Å². The van der Waals surface area contributed by atoms with Gasteiger partial charge in [-0.05, 0) is 30.8 Å². The van der Waals surface area contributed by atoms with Gasteiger partial charge in [0.1, 0.15) is 6.04 Å². The summed E-state index contributed by atoms with van der Waals surface area (Å²) < 4.78 is 36.4. The van der Waals surface area contributed by atoms with Gasteiger partial charge in [-0.3, -0.25) is 4.79 Å². The highest BCUT2D eigenvalue weighted by Crippen LogP contribution is 2.13. The summed E-state index contributed by atoms with van der Waals surface area (Å²) in [4.78, 5) is 32.2. The van der Waals surface area contributed by atoms with Gasteiger partial charge in [-0.15, -0.1) is 0 Å². The standard InChI is InChI=1S/C12H24N2O3S.C2HF3O2/c1-8(2)7-9(13)11(15)14-10(5-6-18-4)12(16)17-3;3-2(4,5)1(6)7/h8-10H,5-7,13H2,1-4H3,(H,14,15);(H,6,7). The Morgan fingerprint density at radius 1 is 1.28 bits per heavy atom. The highest BCUT2D eigenvalue weighted by Gasteiger charge is 2.38. The lowest BCUT2D eigenvalue weighted by Gasteiger charge is -2.19. The minimum atomic E-state index is -5.08. The van der Waals surface area contributed by atoms with Crippen molar-refractivity contribution in [2.45, 2.75) is 44.9 Å². The Labute approximate surface area is 148 Å². The molecule has 0 aliphatic rings. The monoisotopic (exact) mass is 390 g/mol. The molecule has 0 rings (SSSR count). The molecule has 1 amide bonds. The molecule has 2 atom stereocenters. The molecular weight excluding hydrogens is 365 g/mol. The first-order valence-corrected chi connectivity index (χ1v) is 8.68. The summed E-state index contributed by atoms with van der Waals surface area (Å²) in [6.07, 6.45) is -1.99. The van der Waals surface area contributed by atoms with Crippen LogP contribution < -0.4 is 11.1 Å². The van der Waals surface area contributed by atoms with Crippen molar-refractivity contribution < 1.29 is 37.4 Å². The smallest absolute Gasteiger partial charge is 0.475 e. The molecule has 4 N–H and O–H groups in total. The predicted octanol–water partition coefficient (Wildman–Crippen LogP) is 1.40. The number of esters is 1. The second kappa shape index (κ2) is 12.8. The summed E-state index contributed by atoms with van der Waals surface area (Å²) in [5.74, 6) is -2.35. The number of aliphatic carboxylic acids is 1. The highest BCUT2D eigenvalue weighted by atomic mass is 32.2. The number of hydrogen-bond acceptors (Lipinski definition) is 6. The van der Waals surface area contributed by atoms with Crippen molar-refractivity contribution in [2.75, 3.05) is 19.1 Å². The van der Waals surface area contributed by atoms with Gasteiger partial charge in [0.25, 0.3) is 0 Å². The Morgan fingerprint density at radius 2 is 1.76 bits per heavy atom. The zero-order valence-corrected chi connectivity index (χ0v) is 15.4. The molecule has 0 saturated carbocycles. The maximum Gasteiger partial charge on any atom is 0.490 e. The van der Waals surface area contributed by atoms with E-state index in [0.717, 1.165) is 5.75 Å². The summed E-state index contributed by atoms with van der Waals surface area (Å²) in [7, 11) is 1.31. The van der Waals surface area contributed by atoms with E-state index in [1.54, 1.807) is 11.8 Å². The van der Waals surface area contributed by atoms with Crippen LogP contribution in [0.3, 0.4) is 0 Å². The molecule has 0 bridgehead atoms. The second-order valence-electron chi connectivity index (χ2n) is 5.40. The summed E-state index contributed by atoms with van der Waals surface area (Å²) in [6, 6.07) is -1.18. The minimum absolute atomic E-state index is 0.291. The number of carboxylic acids is 1. The molecule has 0 spiro atoms. The number of hydrogen-bond donors (Lipinski definition) is 3. The highest BCUT2D eigenvalue weighted by molar-refractivity contribution is 7.98. The van der Waals surface area contributed by atoms with E-state index >= 15 is 0 Å². The van der Waals surface area contributed by atoms with Gasteiger partial charge in [0.15, 0.2) is 0 Å². The van der Waals surface area contributed by atoms with Crippen molar-refractivity contribution in [3.8, 4) is 0 Å². The van der Waals surface area contributed by atoms with Crippen LogP contribution >= 0.6 is 11.8 Å². The lowest BCUT2D eigenvalue weighted by Crippen LogP contribution is -2.49. The van der Waals surface area contributed by atoms with E-state index in [1.165, 1.54) is 7.11 Å². The summed E-state index contributed by atoms with van der Waals surface area (Å²) in [5, 5.41) is 9.78. The summed E-state index contributed by atoms with van der Waals surface area (Å²) in [6.45, 7) is 4.00. The zero-order valence-electron chi connectivity index (χ0n) is 14.6. The van der Waals surface area contributed by atoms with Crippen LogP contribution in [0.4, 0.5) is 13.2 Å². The Kier molecular flexibility index (Phi) is 13.2. The number of methoxy groups -OCH3 is 1. The molecule has 2 unspecified atom stereocenters. The average Bonchev–Trinajstić information content (AvgIpc) is 2.49. The molecular formula is C14H25F3N2O5S. The van der Waals surface area contributed by atoms with Crippen LogP contribution in [-0.4, -0.2) is 60.3 Å². The Bertz CT molecular complexity index is 433.